The van der Waals surface area contributed by atoms with E-state index >= 15 is 0 Å². The summed E-state index contributed by atoms with van der Waals surface area (Å²) in [5.41, 5.74) is 1.18. The molecule has 1 aromatic carbocycles. The Hall–Kier alpha value is -3.14. The van der Waals surface area contributed by atoms with E-state index in [0.29, 0.717) is 32.7 Å². The van der Waals surface area contributed by atoms with E-state index in [4.69, 9.17) is 0 Å². The van der Waals surface area contributed by atoms with Crippen LogP contribution in [0, 0.1) is 0 Å². The number of benzene rings is 1. The molecule has 2 aromatic heterocycles. The molecule has 0 spiro atoms. The van der Waals surface area contributed by atoms with Crippen LogP contribution in [0.4, 0.5) is 23.7 Å². The molecule has 1 N–H and O–H groups in total. The van der Waals surface area contributed by atoms with Crippen molar-refractivity contribution in [2.24, 2.45) is 0 Å². The van der Waals surface area contributed by atoms with Gasteiger partial charge in [0.05, 0.1) is 0 Å². The van der Waals surface area contributed by atoms with Gasteiger partial charge >= 0.3 is 12.2 Å². The van der Waals surface area contributed by atoms with Crippen molar-refractivity contribution in [3.05, 3.63) is 54.5 Å². The van der Waals surface area contributed by atoms with Crippen LogP contribution in [0.3, 0.4) is 0 Å². The van der Waals surface area contributed by atoms with Crippen molar-refractivity contribution in [1.82, 2.24) is 24.3 Å². The highest BCUT2D eigenvalue weighted by Crippen LogP contribution is 2.30. The molecule has 30 heavy (non-hydrogen) atoms. The minimum atomic E-state index is -4.55. The van der Waals surface area contributed by atoms with Gasteiger partial charge in [-0.3, -0.25) is 4.90 Å². The highest BCUT2D eigenvalue weighted by atomic mass is 19.4. The number of carbonyl (C=O) groups excluding carboxylic acids is 1. The topological polar surface area (TPSA) is 66.3 Å². The van der Waals surface area contributed by atoms with Crippen LogP contribution in [0.25, 0.3) is 11.2 Å². The second-order valence-electron chi connectivity index (χ2n) is 7.06. The number of nitrogens with zero attached hydrogens (tertiary/aromatic N) is 5. The Morgan fingerprint density at radius 2 is 1.73 bits per heavy atom. The molecule has 4 rings (SSSR count). The molecule has 7 nitrogen and oxygen atoms in total. The van der Waals surface area contributed by atoms with Crippen LogP contribution in [0.15, 0.2) is 48.7 Å². The predicted octanol–water partition coefficient (Wildman–Crippen LogP) is 3.30. The Kier molecular flexibility index (Phi) is 5.58. The fourth-order valence-corrected chi connectivity index (χ4v) is 3.53. The summed E-state index contributed by atoms with van der Waals surface area (Å²) < 4.78 is 41.3. The number of carbonyl (C=O) groups is 1. The van der Waals surface area contributed by atoms with Crippen LogP contribution < -0.4 is 5.32 Å². The average molecular weight is 418 g/mol. The highest BCUT2D eigenvalue weighted by Gasteiger charge is 2.38. The van der Waals surface area contributed by atoms with Gasteiger partial charge in [0.1, 0.15) is 5.52 Å². The summed E-state index contributed by atoms with van der Waals surface area (Å²) in [5, 5.41) is 2.85. The van der Waals surface area contributed by atoms with Gasteiger partial charge < -0.3 is 14.8 Å². The lowest BCUT2D eigenvalue weighted by Gasteiger charge is -2.34. The Morgan fingerprint density at radius 1 is 1.00 bits per heavy atom. The van der Waals surface area contributed by atoms with Gasteiger partial charge in [0, 0.05) is 51.2 Å². The van der Waals surface area contributed by atoms with E-state index < -0.39 is 12.0 Å². The lowest BCUT2D eigenvalue weighted by Crippen LogP contribution is -2.50. The van der Waals surface area contributed by atoms with Crippen molar-refractivity contribution in [2.45, 2.75) is 12.7 Å². The van der Waals surface area contributed by atoms with Gasteiger partial charge in [-0.05, 0) is 24.3 Å². The van der Waals surface area contributed by atoms with Crippen molar-refractivity contribution in [1.29, 1.82) is 0 Å². The van der Waals surface area contributed by atoms with Gasteiger partial charge in [-0.15, -0.1) is 0 Å². The van der Waals surface area contributed by atoms with Gasteiger partial charge in [-0.25, -0.2) is 14.8 Å². The summed E-state index contributed by atoms with van der Waals surface area (Å²) >= 11 is 0. The molecule has 158 valence electrons. The lowest BCUT2D eigenvalue weighted by atomic mass is 10.3. The van der Waals surface area contributed by atoms with E-state index in [1.165, 1.54) is 12.3 Å². The summed E-state index contributed by atoms with van der Waals surface area (Å²) in [6.07, 6.45) is -3.08. The summed E-state index contributed by atoms with van der Waals surface area (Å²) in [6, 6.07) is 12.1. The zero-order valence-electron chi connectivity index (χ0n) is 16.1. The number of anilines is 1. The molecule has 3 heterocycles. The smallest absolute Gasteiger partial charge is 0.322 e. The summed E-state index contributed by atoms with van der Waals surface area (Å²) in [5.74, 6) is -0.933. The number of amides is 2. The van der Waals surface area contributed by atoms with E-state index in [2.05, 4.69) is 15.3 Å². The number of hydrogen-bond acceptors (Lipinski definition) is 4. The number of alkyl halides is 3. The first-order valence-electron chi connectivity index (χ1n) is 9.63. The third kappa shape index (κ3) is 4.38. The monoisotopic (exact) mass is 418 g/mol. The molecule has 1 saturated heterocycles. The molecule has 0 aliphatic carbocycles. The first kappa shape index (κ1) is 20.1. The number of pyridine rings is 1. The molecular formula is C20H21F3N6O. The zero-order valence-corrected chi connectivity index (χ0v) is 16.1. The number of fused-ring (bicyclic) bond motifs is 1. The second kappa shape index (κ2) is 8.31. The predicted molar refractivity (Wildman–Crippen MR) is 106 cm³/mol. The summed E-state index contributed by atoms with van der Waals surface area (Å²) in [6.45, 7) is 2.73. The fourth-order valence-electron chi connectivity index (χ4n) is 3.53. The Morgan fingerprint density at radius 3 is 2.43 bits per heavy atom. The van der Waals surface area contributed by atoms with Crippen molar-refractivity contribution < 1.29 is 18.0 Å². The standard InChI is InChI=1S/C20H21F3N6O/c21-20(22,23)18-26-16-7-4-8-24-17(16)29(18)14-11-27-9-12-28(13-10-27)19(30)25-15-5-2-1-3-6-15/h1-8H,9-14H2,(H,25,30). The number of nitrogens with one attached hydrogen (secondary N) is 1. The Bertz CT molecular complexity index is 1010. The number of urea groups is 1. The van der Waals surface area contributed by atoms with E-state index in [1.54, 1.807) is 11.0 Å². The SMILES string of the molecule is O=C(Nc1ccccc1)N1CCN(CCn2c(C(F)(F)F)nc3cccnc32)CC1. The van der Waals surface area contributed by atoms with E-state index in [0.717, 1.165) is 10.3 Å². The van der Waals surface area contributed by atoms with E-state index in [-0.39, 0.29) is 23.7 Å². The van der Waals surface area contributed by atoms with Crippen LogP contribution in [-0.4, -0.2) is 63.1 Å². The van der Waals surface area contributed by atoms with Crippen LogP contribution in [0.2, 0.25) is 0 Å². The van der Waals surface area contributed by atoms with E-state index in [9.17, 15) is 18.0 Å². The number of hydrogen-bond donors (Lipinski definition) is 1. The molecular weight excluding hydrogens is 397 g/mol. The summed E-state index contributed by atoms with van der Waals surface area (Å²) in [4.78, 5) is 23.9. The maximum Gasteiger partial charge on any atom is 0.449 e. The van der Waals surface area contributed by atoms with Crippen molar-refractivity contribution >= 4 is 22.9 Å². The van der Waals surface area contributed by atoms with Crippen LogP contribution in [0.5, 0.6) is 0 Å². The minimum Gasteiger partial charge on any atom is -0.322 e. The molecule has 0 saturated carbocycles. The first-order chi connectivity index (χ1) is 14.4. The third-order valence-corrected chi connectivity index (χ3v) is 5.08. The number of piperazine rings is 1. The molecule has 1 fully saturated rings. The first-order valence-corrected chi connectivity index (χ1v) is 9.63. The van der Waals surface area contributed by atoms with Crippen molar-refractivity contribution in [2.75, 3.05) is 38.0 Å². The number of rotatable bonds is 4. The van der Waals surface area contributed by atoms with Crippen LogP contribution >= 0.6 is 0 Å². The van der Waals surface area contributed by atoms with Crippen LogP contribution in [-0.2, 0) is 12.7 Å². The van der Waals surface area contributed by atoms with Crippen molar-refractivity contribution in [3.63, 3.8) is 0 Å². The molecule has 1 aliphatic heterocycles. The minimum absolute atomic E-state index is 0.124. The van der Waals surface area contributed by atoms with Gasteiger partial charge in [0.25, 0.3) is 0 Å². The van der Waals surface area contributed by atoms with Gasteiger partial charge in [0.15, 0.2) is 5.65 Å². The molecule has 0 unspecified atom stereocenters. The molecule has 0 bridgehead atoms. The van der Waals surface area contributed by atoms with E-state index in [1.807, 2.05) is 35.2 Å². The number of para-hydroxylation sites is 1. The Labute approximate surface area is 171 Å². The van der Waals surface area contributed by atoms with Crippen molar-refractivity contribution in [3.8, 4) is 0 Å². The fraction of sp³-hybridized carbons (Fsp3) is 0.350. The van der Waals surface area contributed by atoms with Gasteiger partial charge in [-0.2, -0.15) is 13.2 Å². The molecule has 0 atom stereocenters. The maximum atomic E-state index is 13.4. The molecule has 3 aromatic rings. The van der Waals surface area contributed by atoms with Gasteiger partial charge in [0.2, 0.25) is 5.82 Å². The van der Waals surface area contributed by atoms with Gasteiger partial charge in [-0.1, -0.05) is 18.2 Å². The number of aromatic nitrogens is 3. The molecule has 1 aliphatic rings. The molecule has 0 radical (unpaired) electrons. The second-order valence-corrected chi connectivity index (χ2v) is 7.06. The zero-order chi connectivity index (χ0) is 21.1. The molecule has 10 heteroatoms. The van der Waals surface area contributed by atoms with Crippen LogP contribution in [0.1, 0.15) is 5.82 Å². The Balaban J connectivity index is 1.36. The quantitative estimate of drug-likeness (QED) is 0.706. The largest absolute Gasteiger partial charge is 0.449 e. The normalized spacial score (nSPS) is 15.5. The summed E-state index contributed by atoms with van der Waals surface area (Å²) in [7, 11) is 0. The average Bonchev–Trinajstić information content (AvgIpc) is 3.12. The lowest BCUT2D eigenvalue weighted by molar-refractivity contribution is -0.147. The maximum absolute atomic E-state index is 13.4. The third-order valence-electron chi connectivity index (χ3n) is 5.08. The highest BCUT2D eigenvalue weighted by molar-refractivity contribution is 5.89. The number of imidazole rings is 1. The number of halogens is 3. The molecule has 2 amide bonds.